The van der Waals surface area contributed by atoms with Crippen LogP contribution in [0.5, 0.6) is 0 Å². The van der Waals surface area contributed by atoms with Crippen molar-refractivity contribution in [1.82, 2.24) is 10.6 Å². The number of nitrogens with zero attached hydrogens (tertiary/aromatic N) is 1. The van der Waals surface area contributed by atoms with Crippen molar-refractivity contribution in [3.63, 3.8) is 0 Å². The van der Waals surface area contributed by atoms with Crippen LogP contribution in [0.25, 0.3) is 0 Å². The summed E-state index contributed by atoms with van der Waals surface area (Å²) in [5, 5.41) is 6.64. The molecule has 1 aromatic rings. The number of guanidine groups is 1. The fourth-order valence-corrected chi connectivity index (χ4v) is 2.74. The summed E-state index contributed by atoms with van der Waals surface area (Å²) in [7, 11) is 1.77. The van der Waals surface area contributed by atoms with Gasteiger partial charge in [-0.3, -0.25) is 4.99 Å². The van der Waals surface area contributed by atoms with E-state index in [0.717, 1.165) is 29.9 Å². The van der Waals surface area contributed by atoms with E-state index in [4.69, 9.17) is 9.47 Å². The van der Waals surface area contributed by atoms with Gasteiger partial charge in [-0.25, -0.2) is 0 Å². The van der Waals surface area contributed by atoms with Crippen molar-refractivity contribution in [3.05, 3.63) is 34.3 Å². The first-order chi connectivity index (χ1) is 11.7. The fraction of sp³-hybridized carbons (Fsp3) is 0.611. The summed E-state index contributed by atoms with van der Waals surface area (Å²) < 4.78 is 12.1. The molecule has 1 aromatic carbocycles. The van der Waals surface area contributed by atoms with Gasteiger partial charge in [0.1, 0.15) is 0 Å². The minimum Gasteiger partial charge on any atom is -0.379 e. The van der Waals surface area contributed by atoms with Gasteiger partial charge in [-0.1, -0.05) is 47.5 Å². The third kappa shape index (κ3) is 8.66. The van der Waals surface area contributed by atoms with Crippen LogP contribution in [0.15, 0.2) is 33.7 Å². The maximum atomic E-state index is 5.54. The molecule has 0 aromatic heterocycles. The number of rotatable bonds is 11. The number of hydrogen-bond acceptors (Lipinski definition) is 3. The molecule has 0 fully saturated rings. The van der Waals surface area contributed by atoms with Crippen LogP contribution in [0.1, 0.15) is 38.3 Å². The molecule has 5 nitrogen and oxygen atoms in total. The SMILES string of the molecule is CCCCOCCOCCNC(=NC)NC(C)c1ccccc1Br. The lowest BCUT2D eigenvalue weighted by Gasteiger charge is -2.19. The van der Waals surface area contributed by atoms with Gasteiger partial charge in [0.2, 0.25) is 0 Å². The van der Waals surface area contributed by atoms with E-state index in [-0.39, 0.29) is 6.04 Å². The van der Waals surface area contributed by atoms with Crippen LogP contribution >= 0.6 is 15.9 Å². The number of ether oxygens (including phenoxy) is 2. The lowest BCUT2D eigenvalue weighted by atomic mass is 10.1. The number of aliphatic imine (C=N–C) groups is 1. The molecular formula is C18H30BrN3O2. The van der Waals surface area contributed by atoms with Gasteiger partial charge in [-0.15, -0.1) is 0 Å². The number of hydrogen-bond donors (Lipinski definition) is 2. The predicted octanol–water partition coefficient (Wildman–Crippen LogP) is 3.51. The second-order valence-corrected chi connectivity index (χ2v) is 6.32. The highest BCUT2D eigenvalue weighted by molar-refractivity contribution is 9.10. The Kier molecular flexibility index (Phi) is 11.5. The first-order valence-electron chi connectivity index (χ1n) is 8.56. The molecule has 0 aliphatic heterocycles. The maximum Gasteiger partial charge on any atom is 0.191 e. The number of nitrogens with one attached hydrogen (secondary N) is 2. The Labute approximate surface area is 154 Å². The van der Waals surface area contributed by atoms with Crippen molar-refractivity contribution < 1.29 is 9.47 Å². The molecule has 1 unspecified atom stereocenters. The highest BCUT2D eigenvalue weighted by Gasteiger charge is 2.10. The molecule has 1 rings (SSSR count). The largest absolute Gasteiger partial charge is 0.379 e. The highest BCUT2D eigenvalue weighted by atomic mass is 79.9. The Bertz CT molecular complexity index is 483. The molecule has 1 atom stereocenters. The maximum absolute atomic E-state index is 5.54. The van der Waals surface area contributed by atoms with Crippen LogP contribution in [0, 0.1) is 0 Å². The zero-order valence-corrected chi connectivity index (χ0v) is 16.6. The molecule has 24 heavy (non-hydrogen) atoms. The normalized spacial score (nSPS) is 12.9. The summed E-state index contributed by atoms with van der Waals surface area (Å²) in [5.74, 6) is 0.765. The van der Waals surface area contributed by atoms with Crippen molar-refractivity contribution in [2.24, 2.45) is 4.99 Å². The summed E-state index contributed by atoms with van der Waals surface area (Å²) in [6, 6.07) is 8.33. The summed E-state index contributed by atoms with van der Waals surface area (Å²) >= 11 is 3.58. The van der Waals surface area contributed by atoms with Crippen molar-refractivity contribution in [3.8, 4) is 0 Å². The van der Waals surface area contributed by atoms with Crippen LogP contribution in [-0.4, -0.2) is 46.0 Å². The molecule has 0 saturated heterocycles. The van der Waals surface area contributed by atoms with Crippen LogP contribution in [0.2, 0.25) is 0 Å². The Morgan fingerprint density at radius 2 is 1.88 bits per heavy atom. The zero-order chi connectivity index (χ0) is 17.6. The van der Waals surface area contributed by atoms with E-state index in [1.807, 2.05) is 18.2 Å². The molecular weight excluding hydrogens is 370 g/mol. The van der Waals surface area contributed by atoms with Crippen LogP contribution in [-0.2, 0) is 9.47 Å². The standard InChI is InChI=1S/C18H30BrN3O2/c1-4-5-11-23-13-14-24-12-10-21-18(20-3)22-15(2)16-8-6-7-9-17(16)19/h6-9,15H,4-5,10-14H2,1-3H3,(H2,20,21,22). The number of benzene rings is 1. The van der Waals surface area contributed by atoms with Crippen molar-refractivity contribution in [1.29, 1.82) is 0 Å². The van der Waals surface area contributed by atoms with E-state index < -0.39 is 0 Å². The molecule has 0 saturated carbocycles. The monoisotopic (exact) mass is 399 g/mol. The van der Waals surface area contributed by atoms with Gasteiger partial charge < -0.3 is 20.1 Å². The Morgan fingerprint density at radius 1 is 1.17 bits per heavy atom. The lowest BCUT2D eigenvalue weighted by Crippen LogP contribution is -2.40. The summed E-state index contributed by atoms with van der Waals surface area (Å²) in [5.41, 5.74) is 1.20. The highest BCUT2D eigenvalue weighted by Crippen LogP contribution is 2.22. The minimum atomic E-state index is 0.152. The zero-order valence-electron chi connectivity index (χ0n) is 15.0. The van der Waals surface area contributed by atoms with E-state index in [1.165, 1.54) is 5.56 Å². The van der Waals surface area contributed by atoms with Gasteiger partial charge >= 0.3 is 0 Å². The second kappa shape index (κ2) is 13.2. The molecule has 2 N–H and O–H groups in total. The Balaban J connectivity index is 2.18. The summed E-state index contributed by atoms with van der Waals surface area (Å²) in [6.45, 7) is 7.71. The van der Waals surface area contributed by atoms with Gasteiger partial charge in [0.25, 0.3) is 0 Å². The van der Waals surface area contributed by atoms with Crippen molar-refractivity contribution >= 4 is 21.9 Å². The van der Waals surface area contributed by atoms with Gasteiger partial charge in [-0.2, -0.15) is 0 Å². The lowest BCUT2D eigenvalue weighted by molar-refractivity contribution is 0.0487. The minimum absolute atomic E-state index is 0.152. The van der Waals surface area contributed by atoms with E-state index in [9.17, 15) is 0 Å². The van der Waals surface area contributed by atoms with Gasteiger partial charge in [0, 0.05) is 24.7 Å². The molecule has 0 aliphatic rings. The van der Waals surface area contributed by atoms with Gasteiger partial charge in [-0.05, 0) is 25.0 Å². The van der Waals surface area contributed by atoms with Crippen LogP contribution in [0.4, 0.5) is 0 Å². The molecule has 6 heteroatoms. The average Bonchev–Trinajstić information content (AvgIpc) is 2.59. The van der Waals surface area contributed by atoms with Gasteiger partial charge in [0.05, 0.1) is 25.9 Å². The second-order valence-electron chi connectivity index (χ2n) is 5.46. The Morgan fingerprint density at radius 3 is 2.54 bits per heavy atom. The predicted molar refractivity (Wildman–Crippen MR) is 104 cm³/mol. The molecule has 0 heterocycles. The summed E-state index contributed by atoms with van der Waals surface area (Å²) in [6.07, 6.45) is 2.27. The molecule has 0 amide bonds. The third-order valence-electron chi connectivity index (χ3n) is 3.50. The van der Waals surface area contributed by atoms with Crippen molar-refractivity contribution in [2.75, 3.05) is 40.0 Å². The third-order valence-corrected chi connectivity index (χ3v) is 4.22. The summed E-state index contributed by atoms with van der Waals surface area (Å²) in [4.78, 5) is 4.25. The van der Waals surface area contributed by atoms with Crippen LogP contribution in [0.3, 0.4) is 0 Å². The van der Waals surface area contributed by atoms with E-state index in [1.54, 1.807) is 7.05 Å². The topological polar surface area (TPSA) is 54.9 Å². The molecule has 0 bridgehead atoms. The quantitative estimate of drug-likeness (QED) is 0.339. The smallest absolute Gasteiger partial charge is 0.191 e. The van der Waals surface area contributed by atoms with Gasteiger partial charge in [0.15, 0.2) is 5.96 Å². The van der Waals surface area contributed by atoms with E-state index >= 15 is 0 Å². The van der Waals surface area contributed by atoms with E-state index in [0.29, 0.717) is 26.4 Å². The van der Waals surface area contributed by atoms with Crippen molar-refractivity contribution in [2.45, 2.75) is 32.7 Å². The first kappa shape index (κ1) is 20.9. The molecule has 0 spiro atoms. The molecule has 0 radical (unpaired) electrons. The molecule has 0 aliphatic carbocycles. The first-order valence-corrected chi connectivity index (χ1v) is 9.35. The average molecular weight is 400 g/mol. The fourth-order valence-electron chi connectivity index (χ4n) is 2.11. The molecule has 136 valence electrons. The van der Waals surface area contributed by atoms with Crippen LogP contribution < -0.4 is 10.6 Å². The number of unbranched alkanes of at least 4 members (excludes halogenated alkanes) is 1. The number of halogens is 1. The van der Waals surface area contributed by atoms with E-state index in [2.05, 4.69) is 51.5 Å². The Hall–Kier alpha value is -1.11.